The van der Waals surface area contributed by atoms with Crippen LogP contribution in [0.3, 0.4) is 0 Å². The summed E-state index contributed by atoms with van der Waals surface area (Å²) in [5, 5.41) is 0. The van der Waals surface area contributed by atoms with Crippen molar-refractivity contribution >= 4 is 22.8 Å². The summed E-state index contributed by atoms with van der Waals surface area (Å²) in [7, 11) is 0. The van der Waals surface area contributed by atoms with Crippen LogP contribution in [-0.2, 0) is 4.74 Å². The van der Waals surface area contributed by atoms with Crippen LogP contribution in [0.15, 0.2) is 94.3 Å². The fourth-order valence-electron chi connectivity index (χ4n) is 2.42. The van der Waals surface area contributed by atoms with Gasteiger partial charge in [0.05, 0.1) is 22.8 Å². The highest BCUT2D eigenvalue weighted by Crippen LogP contribution is 2.22. The van der Waals surface area contributed by atoms with Crippen LogP contribution in [0.25, 0.3) is 0 Å². The molecule has 3 rings (SSSR count). The lowest BCUT2D eigenvalue weighted by Crippen LogP contribution is -2.10. The lowest BCUT2D eigenvalue weighted by atomic mass is 10.2. The van der Waals surface area contributed by atoms with Gasteiger partial charge in [0, 0.05) is 0 Å². The molecule has 0 amide bonds. The molecule has 2 aromatic rings. The van der Waals surface area contributed by atoms with E-state index in [1.165, 1.54) is 0 Å². The number of hydrogen-bond acceptors (Lipinski definition) is 3. The lowest BCUT2D eigenvalue weighted by Gasteiger charge is -2.17. The second-order valence-electron chi connectivity index (χ2n) is 5.54. The van der Waals surface area contributed by atoms with Gasteiger partial charge in [-0.2, -0.15) is 0 Å². The van der Waals surface area contributed by atoms with Gasteiger partial charge in [-0.25, -0.2) is 9.98 Å². The summed E-state index contributed by atoms with van der Waals surface area (Å²) in [5.41, 5.74) is 3.56. The molecule has 0 atom stereocenters. The molecule has 0 bridgehead atoms. The van der Waals surface area contributed by atoms with E-state index in [9.17, 15) is 0 Å². The summed E-state index contributed by atoms with van der Waals surface area (Å²) in [6, 6.07) is 19.8. The lowest BCUT2D eigenvalue weighted by molar-refractivity contribution is 0.343. The molecule has 0 aromatic heterocycles. The van der Waals surface area contributed by atoms with E-state index in [2.05, 4.69) is 9.98 Å². The van der Waals surface area contributed by atoms with Crippen molar-refractivity contribution in [2.75, 3.05) is 0 Å². The fourth-order valence-corrected chi connectivity index (χ4v) is 2.42. The van der Waals surface area contributed by atoms with Crippen molar-refractivity contribution in [3.8, 4) is 0 Å². The number of hydrogen-bond donors (Lipinski definition) is 0. The van der Waals surface area contributed by atoms with Crippen molar-refractivity contribution in [2.24, 2.45) is 9.98 Å². The summed E-state index contributed by atoms with van der Waals surface area (Å²) >= 11 is 0. The van der Waals surface area contributed by atoms with Crippen LogP contribution in [0.2, 0.25) is 0 Å². The molecule has 0 unspecified atom stereocenters. The van der Waals surface area contributed by atoms with Gasteiger partial charge >= 0.3 is 0 Å². The normalized spacial score (nSPS) is 15.4. The molecule has 0 spiro atoms. The second kappa shape index (κ2) is 7.55. The van der Waals surface area contributed by atoms with Crippen LogP contribution in [0.5, 0.6) is 0 Å². The third-order valence-corrected chi connectivity index (χ3v) is 3.65. The van der Waals surface area contributed by atoms with Gasteiger partial charge in [-0.1, -0.05) is 36.4 Å². The maximum atomic E-state index is 6.02. The zero-order valence-electron chi connectivity index (χ0n) is 13.9. The Bertz CT molecular complexity index is 746. The molecule has 24 heavy (non-hydrogen) atoms. The molecule has 0 saturated carbocycles. The van der Waals surface area contributed by atoms with Gasteiger partial charge in [-0.3, -0.25) is 0 Å². The summed E-state index contributed by atoms with van der Waals surface area (Å²) in [6.07, 6.45) is 4.90. The van der Waals surface area contributed by atoms with E-state index in [-0.39, 0.29) is 0 Å². The predicted octanol–water partition coefficient (Wildman–Crippen LogP) is 5.76. The fraction of sp³-hybridized carbons (Fsp3) is 0.143. The Morgan fingerprint density at radius 2 is 1.12 bits per heavy atom. The Hall–Kier alpha value is -2.94. The highest BCUT2D eigenvalue weighted by atomic mass is 16.5. The Morgan fingerprint density at radius 3 is 1.54 bits per heavy atom. The number of para-hydroxylation sites is 2. The van der Waals surface area contributed by atoms with Crippen molar-refractivity contribution in [3.05, 3.63) is 84.3 Å². The summed E-state index contributed by atoms with van der Waals surface area (Å²) in [6.45, 7) is 3.93. The molecule has 0 fully saturated rings. The molecular formula is C21H20N2O. The highest BCUT2D eigenvalue weighted by molar-refractivity contribution is 6.02. The molecule has 120 valence electrons. The largest absolute Gasteiger partial charge is 0.454 e. The number of allylic oxidation sites excluding steroid dienone is 4. The van der Waals surface area contributed by atoms with Gasteiger partial charge in [0.15, 0.2) is 0 Å². The third-order valence-electron chi connectivity index (χ3n) is 3.65. The molecule has 1 aliphatic heterocycles. The van der Waals surface area contributed by atoms with Crippen LogP contribution >= 0.6 is 0 Å². The summed E-state index contributed by atoms with van der Waals surface area (Å²) < 4.78 is 6.02. The van der Waals surface area contributed by atoms with Crippen molar-refractivity contribution < 1.29 is 4.74 Å². The molecule has 3 nitrogen and oxygen atoms in total. The van der Waals surface area contributed by atoms with E-state index in [0.717, 1.165) is 40.7 Å². The summed E-state index contributed by atoms with van der Waals surface area (Å²) in [5.74, 6) is 1.58. The quantitative estimate of drug-likeness (QED) is 0.660. The molecule has 1 heterocycles. The van der Waals surface area contributed by atoms with Gasteiger partial charge in [0.2, 0.25) is 0 Å². The highest BCUT2D eigenvalue weighted by Gasteiger charge is 2.13. The van der Waals surface area contributed by atoms with E-state index in [1.807, 2.05) is 86.7 Å². The molecule has 0 aliphatic carbocycles. The Labute approximate surface area is 142 Å². The van der Waals surface area contributed by atoms with Gasteiger partial charge in [-0.15, -0.1) is 0 Å². The van der Waals surface area contributed by atoms with Crippen LogP contribution < -0.4 is 0 Å². The van der Waals surface area contributed by atoms with Crippen molar-refractivity contribution in [2.45, 2.75) is 20.3 Å². The Kier molecular flexibility index (Phi) is 5.02. The molecule has 3 heteroatoms. The number of rotatable bonds is 4. The van der Waals surface area contributed by atoms with Crippen molar-refractivity contribution in [1.29, 1.82) is 0 Å². The molecule has 0 radical (unpaired) electrons. The molecule has 1 aliphatic rings. The van der Waals surface area contributed by atoms with Crippen molar-refractivity contribution in [1.82, 2.24) is 0 Å². The first-order valence-electron chi connectivity index (χ1n) is 8.02. The predicted molar refractivity (Wildman–Crippen MR) is 100 cm³/mol. The Morgan fingerprint density at radius 1 is 0.708 bits per heavy atom. The van der Waals surface area contributed by atoms with Crippen LogP contribution in [0, 0.1) is 0 Å². The number of aliphatic imine (C=N–C) groups is 2. The van der Waals surface area contributed by atoms with Crippen LogP contribution in [-0.4, -0.2) is 11.4 Å². The minimum Gasteiger partial charge on any atom is -0.454 e. The van der Waals surface area contributed by atoms with Gasteiger partial charge < -0.3 is 4.74 Å². The van der Waals surface area contributed by atoms with Gasteiger partial charge in [0.25, 0.3) is 0 Å². The average molecular weight is 316 g/mol. The van der Waals surface area contributed by atoms with Crippen LogP contribution in [0.1, 0.15) is 20.3 Å². The smallest absolute Gasteiger partial charge is 0.145 e. The Balaban J connectivity index is 1.75. The monoisotopic (exact) mass is 316 g/mol. The van der Waals surface area contributed by atoms with Crippen molar-refractivity contribution in [3.63, 3.8) is 0 Å². The molecule has 0 N–H and O–H groups in total. The van der Waals surface area contributed by atoms with Gasteiger partial charge in [0.1, 0.15) is 11.5 Å². The number of ether oxygens (including phenoxy) is 1. The van der Waals surface area contributed by atoms with E-state index < -0.39 is 0 Å². The molecule has 2 aromatic carbocycles. The second-order valence-corrected chi connectivity index (χ2v) is 5.54. The number of benzene rings is 2. The minimum atomic E-state index is 0.791. The first-order chi connectivity index (χ1) is 11.7. The van der Waals surface area contributed by atoms with Gasteiger partial charge in [-0.05, 0) is 56.7 Å². The summed E-state index contributed by atoms with van der Waals surface area (Å²) in [4.78, 5) is 9.23. The zero-order chi connectivity index (χ0) is 16.8. The topological polar surface area (TPSA) is 34.0 Å². The van der Waals surface area contributed by atoms with E-state index >= 15 is 0 Å². The first kappa shape index (κ1) is 15.9. The van der Waals surface area contributed by atoms with E-state index in [1.54, 1.807) is 0 Å². The minimum absolute atomic E-state index is 0.791. The first-order valence-corrected chi connectivity index (χ1v) is 8.02. The molecule has 0 saturated heterocycles. The third kappa shape index (κ3) is 4.07. The maximum Gasteiger partial charge on any atom is 0.145 e. The molecular weight excluding hydrogens is 296 g/mol. The zero-order valence-corrected chi connectivity index (χ0v) is 13.9. The van der Waals surface area contributed by atoms with E-state index in [4.69, 9.17) is 4.74 Å². The van der Waals surface area contributed by atoms with E-state index in [0.29, 0.717) is 0 Å². The maximum absolute atomic E-state index is 6.02. The average Bonchev–Trinajstić information content (AvgIpc) is 2.63. The standard InChI is InChI=1S/C21H20N2O/c1-16(22-18-10-5-3-6-11-18)20-14-9-15-21(24-20)17(2)23-19-12-7-4-8-13-19/h3-8,10-15H,9H2,1-2H3/b22-16+,23-17+. The SMILES string of the molecule is C/C(=N\c1ccccc1)C1=CCC=C(/C(C)=N/c2ccccc2)O1. The van der Waals surface area contributed by atoms with Crippen LogP contribution in [0.4, 0.5) is 11.4 Å². The number of nitrogens with zero attached hydrogens (tertiary/aromatic N) is 2.